The van der Waals surface area contributed by atoms with Gasteiger partial charge in [-0.2, -0.15) is 5.01 Å². The van der Waals surface area contributed by atoms with Crippen molar-refractivity contribution in [2.24, 2.45) is 0 Å². The third kappa shape index (κ3) is 4.26. The first-order valence-electron chi connectivity index (χ1n) is 12.8. The van der Waals surface area contributed by atoms with Crippen molar-refractivity contribution < 1.29 is 19.1 Å². The Morgan fingerprint density at radius 1 is 0.944 bits per heavy atom. The Morgan fingerprint density at radius 2 is 1.72 bits per heavy atom. The number of ether oxygens (including phenoxy) is 1. The number of rotatable bonds is 5. The summed E-state index contributed by atoms with van der Waals surface area (Å²) in [6.45, 7) is 2.10. The van der Waals surface area contributed by atoms with Crippen molar-refractivity contribution in [3.05, 3.63) is 58.4 Å². The molecule has 1 aliphatic carbocycles. The number of carbonyl (C=O) groups excluding carboxylic acids is 3. The van der Waals surface area contributed by atoms with E-state index in [9.17, 15) is 14.4 Å². The first-order chi connectivity index (χ1) is 17.5. The predicted octanol–water partition coefficient (Wildman–Crippen LogP) is 3.93. The molecule has 2 saturated heterocycles. The van der Waals surface area contributed by atoms with Gasteiger partial charge in [0.1, 0.15) is 11.9 Å². The van der Waals surface area contributed by atoms with Crippen molar-refractivity contribution in [2.75, 3.05) is 13.1 Å². The average molecular weight is 509 g/mol. The van der Waals surface area contributed by atoms with Crippen LogP contribution in [-0.4, -0.2) is 62.9 Å². The molecule has 9 heteroatoms. The van der Waals surface area contributed by atoms with Crippen LogP contribution < -0.4 is 4.74 Å². The molecule has 1 aromatic heterocycles. The average Bonchev–Trinajstić information content (AvgIpc) is 3.14. The van der Waals surface area contributed by atoms with Crippen molar-refractivity contribution in [3.8, 4) is 5.75 Å². The van der Waals surface area contributed by atoms with Gasteiger partial charge in [-0.3, -0.25) is 24.3 Å². The minimum Gasteiger partial charge on any atom is -0.489 e. The van der Waals surface area contributed by atoms with E-state index in [2.05, 4.69) is 9.88 Å². The summed E-state index contributed by atoms with van der Waals surface area (Å²) in [6.07, 6.45) is 7.35. The van der Waals surface area contributed by atoms with Gasteiger partial charge < -0.3 is 4.74 Å². The maximum atomic E-state index is 13.0. The Bertz CT molecular complexity index is 1200. The zero-order valence-electron chi connectivity index (χ0n) is 20.1. The molecular formula is C27H29ClN4O4. The standard InChI is InChI=1S/C27H29ClN4O4/c28-19-10-11-29-22(13-19)18-14-30(15-18)23-4-1-2-5-24(23)36-20-8-9-21-17(12-20)16-31(27(21)35)32-25(33)6-3-7-26(32)34/h8-13,18,23-24H,1-7,14-16H2/t23-,24+/m0/s1. The molecule has 0 N–H and O–H groups in total. The zero-order valence-corrected chi connectivity index (χ0v) is 20.8. The number of carbonyl (C=O) groups is 3. The maximum absolute atomic E-state index is 13.0. The van der Waals surface area contributed by atoms with E-state index in [1.807, 2.05) is 18.2 Å². The number of halogens is 1. The van der Waals surface area contributed by atoms with Gasteiger partial charge in [-0.25, -0.2) is 5.01 Å². The fourth-order valence-electron chi connectivity index (χ4n) is 5.95. The largest absolute Gasteiger partial charge is 0.489 e. The summed E-state index contributed by atoms with van der Waals surface area (Å²) in [7, 11) is 0. The van der Waals surface area contributed by atoms with Crippen molar-refractivity contribution in [1.82, 2.24) is 19.9 Å². The molecule has 3 fully saturated rings. The zero-order chi connectivity index (χ0) is 24.8. The van der Waals surface area contributed by atoms with Gasteiger partial charge in [-0.1, -0.05) is 18.0 Å². The van der Waals surface area contributed by atoms with Crippen LogP contribution >= 0.6 is 11.6 Å². The molecule has 3 amide bonds. The van der Waals surface area contributed by atoms with Gasteiger partial charge in [-0.15, -0.1) is 0 Å². The number of likely N-dealkylation sites (tertiary alicyclic amines) is 1. The number of nitrogens with zero attached hydrogens (tertiary/aromatic N) is 4. The van der Waals surface area contributed by atoms with Crippen LogP contribution in [0.15, 0.2) is 36.5 Å². The normalized spacial score (nSPS) is 25.2. The Morgan fingerprint density at radius 3 is 2.50 bits per heavy atom. The summed E-state index contributed by atoms with van der Waals surface area (Å²) in [5.41, 5.74) is 2.35. The lowest BCUT2D eigenvalue weighted by Crippen LogP contribution is -2.57. The summed E-state index contributed by atoms with van der Waals surface area (Å²) >= 11 is 6.15. The van der Waals surface area contributed by atoms with Crippen molar-refractivity contribution >= 4 is 29.3 Å². The second kappa shape index (κ2) is 9.48. The summed E-state index contributed by atoms with van der Waals surface area (Å²) < 4.78 is 6.51. The molecule has 188 valence electrons. The smallest absolute Gasteiger partial charge is 0.273 e. The molecule has 0 radical (unpaired) electrons. The number of piperidine rings is 1. The molecule has 2 atom stereocenters. The lowest BCUT2D eigenvalue weighted by molar-refractivity contribution is -0.163. The minimum atomic E-state index is -0.310. The number of pyridine rings is 1. The number of hydrogen-bond donors (Lipinski definition) is 0. The Balaban J connectivity index is 1.13. The highest BCUT2D eigenvalue weighted by Crippen LogP contribution is 2.36. The van der Waals surface area contributed by atoms with Crippen LogP contribution in [0.5, 0.6) is 5.75 Å². The van der Waals surface area contributed by atoms with E-state index in [4.69, 9.17) is 16.3 Å². The molecule has 1 aromatic carbocycles. The molecular weight excluding hydrogens is 480 g/mol. The molecule has 8 nitrogen and oxygen atoms in total. The van der Waals surface area contributed by atoms with Crippen LogP contribution in [0.1, 0.15) is 72.5 Å². The lowest BCUT2D eigenvalue weighted by Gasteiger charge is -2.48. The second-order valence-corrected chi connectivity index (χ2v) is 10.6. The highest BCUT2D eigenvalue weighted by atomic mass is 35.5. The van der Waals surface area contributed by atoms with Gasteiger partial charge in [0.2, 0.25) is 11.8 Å². The summed E-state index contributed by atoms with van der Waals surface area (Å²) in [6, 6.07) is 9.59. The third-order valence-corrected chi connectivity index (χ3v) is 8.09. The number of hydrazine groups is 1. The number of fused-ring (bicyclic) bond motifs is 1. The first-order valence-corrected chi connectivity index (χ1v) is 13.2. The van der Waals surface area contributed by atoms with Crippen molar-refractivity contribution in [1.29, 1.82) is 0 Å². The molecule has 4 heterocycles. The lowest BCUT2D eigenvalue weighted by atomic mass is 9.85. The second-order valence-electron chi connectivity index (χ2n) is 10.2. The van der Waals surface area contributed by atoms with E-state index in [0.717, 1.165) is 59.4 Å². The number of hydrogen-bond acceptors (Lipinski definition) is 6. The molecule has 0 unspecified atom stereocenters. The van der Waals surface area contributed by atoms with Gasteiger partial charge in [-0.05, 0) is 61.6 Å². The van der Waals surface area contributed by atoms with Crippen molar-refractivity contribution in [2.45, 2.75) is 69.6 Å². The fraction of sp³-hybridized carbons (Fsp3) is 0.481. The molecule has 2 aromatic rings. The number of benzene rings is 1. The molecule has 4 aliphatic rings. The van der Waals surface area contributed by atoms with Crippen LogP contribution in [0.2, 0.25) is 5.02 Å². The quantitative estimate of drug-likeness (QED) is 0.569. The summed E-state index contributed by atoms with van der Waals surface area (Å²) in [5.74, 6) is 0.190. The minimum absolute atomic E-state index is 0.0727. The maximum Gasteiger partial charge on any atom is 0.273 e. The molecule has 6 rings (SSSR count). The number of amides is 3. The number of imide groups is 1. The van der Waals surface area contributed by atoms with E-state index >= 15 is 0 Å². The van der Waals surface area contributed by atoms with E-state index < -0.39 is 0 Å². The summed E-state index contributed by atoms with van der Waals surface area (Å²) in [4.78, 5) is 44.7. The van der Waals surface area contributed by atoms with Crippen LogP contribution in [0.3, 0.4) is 0 Å². The van der Waals surface area contributed by atoms with Gasteiger partial charge >= 0.3 is 0 Å². The molecule has 1 saturated carbocycles. The Kier molecular flexibility index (Phi) is 6.17. The Labute approximate surface area is 215 Å². The van der Waals surface area contributed by atoms with Crippen molar-refractivity contribution in [3.63, 3.8) is 0 Å². The molecule has 3 aliphatic heterocycles. The highest BCUT2D eigenvalue weighted by molar-refractivity contribution is 6.30. The van der Waals surface area contributed by atoms with E-state index in [1.54, 1.807) is 18.3 Å². The molecule has 0 spiro atoms. The molecule has 36 heavy (non-hydrogen) atoms. The van der Waals surface area contributed by atoms with Crippen LogP contribution in [0, 0.1) is 0 Å². The van der Waals surface area contributed by atoms with Gasteiger partial charge in [0.15, 0.2) is 0 Å². The van der Waals surface area contributed by atoms with E-state index in [-0.39, 0.29) is 43.2 Å². The van der Waals surface area contributed by atoms with Crippen LogP contribution in [0.25, 0.3) is 0 Å². The first kappa shape index (κ1) is 23.4. The fourth-order valence-corrected chi connectivity index (χ4v) is 6.12. The van der Waals surface area contributed by atoms with E-state index in [0.29, 0.717) is 23.9 Å². The monoisotopic (exact) mass is 508 g/mol. The SMILES string of the molecule is O=C1c2ccc(O[C@@H]3CCCC[C@@H]3N3CC(c4cc(Cl)ccn4)C3)cc2CN1N1C(=O)CCCC1=O. The predicted molar refractivity (Wildman–Crippen MR) is 132 cm³/mol. The molecule has 0 bridgehead atoms. The topological polar surface area (TPSA) is 83.1 Å². The summed E-state index contributed by atoms with van der Waals surface area (Å²) in [5, 5.41) is 3.05. The van der Waals surface area contributed by atoms with Gasteiger partial charge in [0.25, 0.3) is 5.91 Å². The highest BCUT2D eigenvalue weighted by Gasteiger charge is 2.41. The van der Waals surface area contributed by atoms with Crippen LogP contribution in [0.4, 0.5) is 0 Å². The van der Waals surface area contributed by atoms with Crippen LogP contribution in [-0.2, 0) is 16.1 Å². The Hall–Kier alpha value is -2.97. The number of aromatic nitrogens is 1. The van der Waals surface area contributed by atoms with E-state index in [1.165, 1.54) is 11.4 Å². The van der Waals surface area contributed by atoms with Gasteiger partial charge in [0.05, 0.1) is 6.54 Å². The van der Waals surface area contributed by atoms with Gasteiger partial charge in [0, 0.05) is 60.4 Å². The third-order valence-electron chi connectivity index (χ3n) is 7.85.